The number of hydrogen-bond donors (Lipinski definition) is 0. The first-order chi connectivity index (χ1) is 8.49. The zero-order chi connectivity index (χ0) is 16.2. The van der Waals surface area contributed by atoms with Gasteiger partial charge < -0.3 is 28.4 Å². The van der Waals surface area contributed by atoms with Crippen LogP contribution in [0.2, 0.25) is 0 Å². The topological polar surface area (TPSA) is 55.4 Å². The lowest BCUT2D eigenvalue weighted by molar-refractivity contribution is 0.277. The second kappa shape index (κ2) is 150. The number of ether oxygens (including phenoxy) is 6. The molecule has 0 radical (unpaired) electrons. The number of hydrogen-bond acceptors (Lipinski definition) is 6. The summed E-state index contributed by atoms with van der Waals surface area (Å²) in [7, 11) is 19.5. The highest BCUT2D eigenvalue weighted by Gasteiger charge is 1.27. The molecule has 0 aliphatic heterocycles. The van der Waals surface area contributed by atoms with Gasteiger partial charge in [-0.15, -0.1) is 0 Å². The van der Waals surface area contributed by atoms with Crippen LogP contribution >= 0.6 is 0 Å². The summed E-state index contributed by atoms with van der Waals surface area (Å²) in [5.74, 6) is 0. The molecule has 0 bridgehead atoms. The molecule has 0 aromatic rings. The van der Waals surface area contributed by atoms with E-state index in [9.17, 15) is 0 Å². The fourth-order valence-corrected chi connectivity index (χ4v) is 0. The van der Waals surface area contributed by atoms with Gasteiger partial charge in [-0.3, -0.25) is 0 Å². The van der Waals surface area contributed by atoms with E-state index in [-0.39, 0.29) is 7.43 Å². The van der Waals surface area contributed by atoms with Gasteiger partial charge in [0.15, 0.2) is 0 Å². The lowest BCUT2D eigenvalue weighted by atomic mass is 11.6. The van der Waals surface area contributed by atoms with Gasteiger partial charge in [0.25, 0.3) is 0 Å². The summed E-state index contributed by atoms with van der Waals surface area (Å²) >= 11 is 0. The summed E-state index contributed by atoms with van der Waals surface area (Å²) in [6.07, 6.45) is 0. The SMILES string of the molecule is C.COC.COC.COC.COC.COC.COC. The second-order valence-corrected chi connectivity index (χ2v) is 2.45. The van der Waals surface area contributed by atoms with Crippen molar-refractivity contribution in [1.29, 1.82) is 0 Å². The highest BCUT2D eigenvalue weighted by Crippen LogP contribution is 1.29. The van der Waals surface area contributed by atoms with Crippen molar-refractivity contribution in [3.63, 3.8) is 0 Å². The Balaban J connectivity index is -0.0000000180. The fraction of sp³-hybridized carbons (Fsp3) is 1.00. The fourth-order valence-electron chi connectivity index (χ4n) is 0. The molecule has 6 heteroatoms. The molecule has 0 aliphatic carbocycles. The molecule has 0 saturated carbocycles. The third-order valence-electron chi connectivity index (χ3n) is 0. The first-order valence-corrected chi connectivity index (χ1v) is 4.90. The Hall–Kier alpha value is -0.240. The van der Waals surface area contributed by atoms with Crippen LogP contribution < -0.4 is 0 Å². The van der Waals surface area contributed by atoms with Crippen LogP contribution in [0.15, 0.2) is 0 Å². The maximum atomic E-state index is 4.25. The maximum absolute atomic E-state index is 4.25. The third kappa shape index (κ3) is 76600. The largest absolute Gasteiger partial charge is 0.388 e. The monoisotopic (exact) mass is 292 g/mol. The maximum Gasteiger partial charge on any atom is 0.0351 e. The van der Waals surface area contributed by atoms with Gasteiger partial charge in [-0.25, -0.2) is 0 Å². The van der Waals surface area contributed by atoms with Gasteiger partial charge in [0, 0.05) is 85.3 Å². The third-order valence-corrected chi connectivity index (χ3v) is 0. The molecule has 0 atom stereocenters. The summed E-state index contributed by atoms with van der Waals surface area (Å²) in [4.78, 5) is 0. The van der Waals surface area contributed by atoms with E-state index in [1.54, 1.807) is 85.3 Å². The standard InChI is InChI=1S/6C2H6O.CH4/c6*1-3-2;/h6*1-2H3;1H4. The molecule has 0 heterocycles. The smallest absolute Gasteiger partial charge is 0.0351 e. The minimum atomic E-state index is 0. The van der Waals surface area contributed by atoms with Crippen LogP contribution in [0.3, 0.4) is 0 Å². The van der Waals surface area contributed by atoms with E-state index < -0.39 is 0 Å². The van der Waals surface area contributed by atoms with Crippen molar-refractivity contribution >= 4 is 0 Å². The zero-order valence-corrected chi connectivity index (χ0v) is 14.4. The van der Waals surface area contributed by atoms with Gasteiger partial charge in [0.2, 0.25) is 0 Å². The van der Waals surface area contributed by atoms with Crippen molar-refractivity contribution in [2.75, 3.05) is 85.3 Å². The summed E-state index contributed by atoms with van der Waals surface area (Å²) in [5.41, 5.74) is 0. The van der Waals surface area contributed by atoms with E-state index in [0.29, 0.717) is 0 Å². The molecule has 0 saturated heterocycles. The average Bonchev–Trinajstić information content (AvgIpc) is 2.23. The predicted octanol–water partition coefficient (Wildman–Crippen LogP) is 2.21. The molecule has 0 aliphatic rings. The van der Waals surface area contributed by atoms with Gasteiger partial charge >= 0.3 is 0 Å². The average molecular weight is 292 g/mol. The van der Waals surface area contributed by atoms with Crippen LogP contribution in [0.25, 0.3) is 0 Å². The van der Waals surface area contributed by atoms with Gasteiger partial charge in [-0.2, -0.15) is 0 Å². The van der Waals surface area contributed by atoms with Gasteiger partial charge in [0.05, 0.1) is 0 Å². The number of rotatable bonds is 0. The van der Waals surface area contributed by atoms with E-state index in [2.05, 4.69) is 28.4 Å². The van der Waals surface area contributed by atoms with Crippen molar-refractivity contribution in [1.82, 2.24) is 0 Å². The van der Waals surface area contributed by atoms with Gasteiger partial charge in [-0.05, 0) is 0 Å². The van der Waals surface area contributed by atoms with E-state index in [4.69, 9.17) is 0 Å². The van der Waals surface area contributed by atoms with Crippen molar-refractivity contribution < 1.29 is 28.4 Å². The summed E-state index contributed by atoms with van der Waals surface area (Å²) < 4.78 is 25.5. The number of methoxy groups -OCH3 is 6. The zero-order valence-electron chi connectivity index (χ0n) is 14.4. The highest BCUT2D eigenvalue weighted by molar-refractivity contribution is 3.58. The Labute approximate surface area is 122 Å². The normalized spacial score (nSPS) is 5.68. The van der Waals surface area contributed by atoms with E-state index in [1.165, 1.54) is 0 Å². The molecule has 128 valence electrons. The quantitative estimate of drug-likeness (QED) is 0.682. The van der Waals surface area contributed by atoms with Crippen molar-refractivity contribution in [3.05, 3.63) is 0 Å². The van der Waals surface area contributed by atoms with Crippen LogP contribution in [0.4, 0.5) is 0 Å². The van der Waals surface area contributed by atoms with Crippen LogP contribution in [0.5, 0.6) is 0 Å². The lowest BCUT2D eigenvalue weighted by Crippen LogP contribution is -1.55. The van der Waals surface area contributed by atoms with Crippen LogP contribution in [0, 0.1) is 0 Å². The van der Waals surface area contributed by atoms with Gasteiger partial charge in [0.1, 0.15) is 0 Å². The molecule has 0 spiro atoms. The van der Waals surface area contributed by atoms with Crippen LogP contribution in [0.1, 0.15) is 7.43 Å². The first-order valence-electron chi connectivity index (χ1n) is 4.90. The van der Waals surface area contributed by atoms with Crippen LogP contribution in [-0.2, 0) is 28.4 Å². The molecular weight excluding hydrogens is 252 g/mol. The summed E-state index contributed by atoms with van der Waals surface area (Å²) in [6, 6.07) is 0. The molecule has 19 heavy (non-hydrogen) atoms. The minimum absolute atomic E-state index is 0. The Morgan fingerprint density at radius 3 is 0.263 bits per heavy atom. The van der Waals surface area contributed by atoms with Crippen molar-refractivity contribution in [2.45, 2.75) is 7.43 Å². The van der Waals surface area contributed by atoms with Crippen LogP contribution in [-0.4, -0.2) is 85.3 Å². The molecule has 6 nitrogen and oxygen atoms in total. The summed E-state index contributed by atoms with van der Waals surface area (Å²) in [5, 5.41) is 0. The molecule has 0 N–H and O–H groups in total. The Morgan fingerprint density at radius 2 is 0.263 bits per heavy atom. The molecule has 0 rings (SSSR count). The highest BCUT2D eigenvalue weighted by atomic mass is 16.5. The van der Waals surface area contributed by atoms with E-state index >= 15 is 0 Å². The lowest BCUT2D eigenvalue weighted by Gasteiger charge is -1.61. The molecule has 0 unspecified atom stereocenters. The van der Waals surface area contributed by atoms with Crippen molar-refractivity contribution in [2.24, 2.45) is 0 Å². The summed E-state index contributed by atoms with van der Waals surface area (Å²) in [6.45, 7) is 0. The van der Waals surface area contributed by atoms with Gasteiger partial charge in [-0.1, -0.05) is 7.43 Å². The molecule has 0 aromatic carbocycles. The Bertz CT molecular complexity index is 32.6. The van der Waals surface area contributed by atoms with Crippen molar-refractivity contribution in [3.8, 4) is 0 Å². The Kier molecular flexibility index (Phi) is 339. The predicted molar refractivity (Wildman–Crippen MR) is 84.3 cm³/mol. The molecular formula is C13H40O6. The second-order valence-electron chi connectivity index (χ2n) is 2.45. The molecule has 0 aromatic heterocycles. The molecule has 0 amide bonds. The molecule has 0 fully saturated rings. The Morgan fingerprint density at radius 1 is 0.263 bits per heavy atom. The first kappa shape index (κ1) is 42.8. The van der Waals surface area contributed by atoms with E-state index in [0.717, 1.165) is 0 Å². The minimum Gasteiger partial charge on any atom is -0.388 e. The van der Waals surface area contributed by atoms with E-state index in [1.807, 2.05) is 0 Å².